The number of benzene rings is 1. The minimum atomic E-state index is -0.625. The van der Waals surface area contributed by atoms with Gasteiger partial charge >= 0.3 is 5.97 Å². The Morgan fingerprint density at radius 3 is 2.41 bits per heavy atom. The summed E-state index contributed by atoms with van der Waals surface area (Å²) in [5.74, 6) is -0.117. The summed E-state index contributed by atoms with van der Waals surface area (Å²) in [5.41, 5.74) is 1.15. The highest BCUT2D eigenvalue weighted by Crippen LogP contribution is 2.29. The number of carbonyl (C=O) groups is 1. The van der Waals surface area contributed by atoms with E-state index in [1.54, 1.807) is 0 Å². The fourth-order valence-electron chi connectivity index (χ4n) is 2.43. The van der Waals surface area contributed by atoms with Gasteiger partial charge in [0, 0.05) is 12.2 Å². The maximum Gasteiger partial charge on any atom is 0.306 e. The number of para-hydroxylation sites is 1. The van der Waals surface area contributed by atoms with Crippen LogP contribution in [0.4, 0.5) is 5.69 Å². The van der Waals surface area contributed by atoms with Gasteiger partial charge in [0.1, 0.15) is 0 Å². The molecule has 0 heterocycles. The summed E-state index contributed by atoms with van der Waals surface area (Å²) in [6.07, 6.45) is 3.71. The van der Waals surface area contributed by atoms with Crippen LogP contribution in [0.1, 0.15) is 25.7 Å². The van der Waals surface area contributed by atoms with Gasteiger partial charge in [-0.1, -0.05) is 18.2 Å². The summed E-state index contributed by atoms with van der Waals surface area (Å²) in [6, 6.07) is 10.2. The largest absolute Gasteiger partial charge is 0.481 e. The number of nitrogens with one attached hydrogen (secondary N) is 1. The summed E-state index contributed by atoms with van der Waals surface area (Å²) in [7, 11) is 0. The van der Waals surface area contributed by atoms with Crippen LogP contribution in [0.3, 0.4) is 0 Å². The zero-order valence-corrected chi connectivity index (χ0v) is 9.93. The van der Waals surface area contributed by atoms with Crippen molar-refractivity contribution in [3.05, 3.63) is 30.3 Å². The Morgan fingerprint density at radius 2 is 1.82 bits per heavy atom. The number of anilines is 1. The second-order valence-electron chi connectivity index (χ2n) is 4.80. The molecule has 1 saturated carbocycles. The molecule has 0 bridgehead atoms. The third-order valence-electron chi connectivity index (χ3n) is 3.56. The lowest BCUT2D eigenvalue weighted by Crippen LogP contribution is -2.25. The van der Waals surface area contributed by atoms with Crippen LogP contribution in [-0.4, -0.2) is 17.6 Å². The Kier molecular flexibility index (Phi) is 4.02. The summed E-state index contributed by atoms with van der Waals surface area (Å²) in [6.45, 7) is 0.955. The Bertz CT molecular complexity index is 356. The maximum atomic E-state index is 10.8. The molecule has 0 radical (unpaired) electrons. The zero-order chi connectivity index (χ0) is 12.1. The highest BCUT2D eigenvalue weighted by molar-refractivity contribution is 5.70. The van der Waals surface area contributed by atoms with Crippen molar-refractivity contribution in [2.24, 2.45) is 11.8 Å². The van der Waals surface area contributed by atoms with Crippen LogP contribution in [0, 0.1) is 11.8 Å². The van der Waals surface area contributed by atoms with Gasteiger partial charge in [-0.15, -0.1) is 0 Å². The van der Waals surface area contributed by atoms with Gasteiger partial charge < -0.3 is 10.4 Å². The summed E-state index contributed by atoms with van der Waals surface area (Å²) in [4.78, 5) is 10.8. The Balaban J connectivity index is 1.74. The molecule has 0 aromatic heterocycles. The molecule has 1 aromatic rings. The normalized spacial score (nSPS) is 24.2. The minimum absolute atomic E-state index is 0.108. The fraction of sp³-hybridized carbons (Fsp3) is 0.500. The molecule has 2 N–H and O–H groups in total. The van der Waals surface area contributed by atoms with E-state index in [-0.39, 0.29) is 5.92 Å². The van der Waals surface area contributed by atoms with E-state index in [4.69, 9.17) is 5.11 Å². The molecule has 3 nitrogen and oxygen atoms in total. The van der Waals surface area contributed by atoms with Crippen molar-refractivity contribution < 1.29 is 9.90 Å². The van der Waals surface area contributed by atoms with Gasteiger partial charge in [-0.25, -0.2) is 0 Å². The zero-order valence-electron chi connectivity index (χ0n) is 9.93. The molecule has 2 rings (SSSR count). The first-order valence-corrected chi connectivity index (χ1v) is 6.27. The van der Waals surface area contributed by atoms with Gasteiger partial charge in [0.25, 0.3) is 0 Å². The lowest BCUT2D eigenvalue weighted by Gasteiger charge is -2.26. The van der Waals surface area contributed by atoms with Gasteiger partial charge in [-0.2, -0.15) is 0 Å². The number of rotatable bonds is 4. The van der Waals surface area contributed by atoms with Crippen molar-refractivity contribution in [2.45, 2.75) is 25.7 Å². The number of carboxylic acid groups (broad SMARTS) is 1. The second-order valence-corrected chi connectivity index (χ2v) is 4.80. The highest BCUT2D eigenvalue weighted by atomic mass is 16.4. The van der Waals surface area contributed by atoms with Crippen molar-refractivity contribution >= 4 is 11.7 Å². The van der Waals surface area contributed by atoms with Crippen LogP contribution in [0.5, 0.6) is 0 Å². The van der Waals surface area contributed by atoms with Gasteiger partial charge in [0.15, 0.2) is 0 Å². The SMILES string of the molecule is O=C(O)C1CCC(CNc2ccccc2)CC1. The van der Waals surface area contributed by atoms with Gasteiger partial charge in [-0.05, 0) is 43.7 Å². The predicted octanol–water partition coefficient (Wildman–Crippen LogP) is 2.99. The molecule has 0 saturated heterocycles. The first-order valence-electron chi connectivity index (χ1n) is 6.27. The van der Waals surface area contributed by atoms with E-state index in [0.29, 0.717) is 5.92 Å². The molecule has 3 heteroatoms. The Labute approximate surface area is 102 Å². The molecule has 92 valence electrons. The molecule has 1 aromatic carbocycles. The topological polar surface area (TPSA) is 49.3 Å². The number of hydrogen-bond donors (Lipinski definition) is 2. The van der Waals surface area contributed by atoms with Crippen LogP contribution in [0.2, 0.25) is 0 Å². The van der Waals surface area contributed by atoms with E-state index in [2.05, 4.69) is 17.4 Å². The highest BCUT2D eigenvalue weighted by Gasteiger charge is 2.25. The summed E-state index contributed by atoms with van der Waals surface area (Å²) < 4.78 is 0. The molecule has 0 spiro atoms. The molecule has 0 unspecified atom stereocenters. The molecular formula is C14H19NO2. The minimum Gasteiger partial charge on any atom is -0.481 e. The average molecular weight is 233 g/mol. The van der Waals surface area contributed by atoms with E-state index in [0.717, 1.165) is 37.9 Å². The lowest BCUT2D eigenvalue weighted by molar-refractivity contribution is -0.143. The monoisotopic (exact) mass is 233 g/mol. The first kappa shape index (κ1) is 12.0. The average Bonchev–Trinajstić information content (AvgIpc) is 2.38. The van der Waals surface area contributed by atoms with Crippen molar-refractivity contribution in [1.82, 2.24) is 0 Å². The molecule has 1 aliphatic carbocycles. The number of hydrogen-bond acceptors (Lipinski definition) is 2. The van der Waals surface area contributed by atoms with Gasteiger partial charge in [-0.3, -0.25) is 4.79 Å². The van der Waals surface area contributed by atoms with E-state index >= 15 is 0 Å². The third kappa shape index (κ3) is 3.48. The lowest BCUT2D eigenvalue weighted by atomic mass is 9.82. The predicted molar refractivity (Wildman–Crippen MR) is 68.0 cm³/mol. The summed E-state index contributed by atoms with van der Waals surface area (Å²) >= 11 is 0. The van der Waals surface area contributed by atoms with Crippen molar-refractivity contribution in [3.63, 3.8) is 0 Å². The standard InChI is InChI=1S/C14H19NO2/c16-14(17)12-8-6-11(7-9-12)10-15-13-4-2-1-3-5-13/h1-5,11-12,15H,6-10H2,(H,16,17). The first-order chi connectivity index (χ1) is 8.25. The Hall–Kier alpha value is -1.51. The molecule has 0 amide bonds. The van der Waals surface area contributed by atoms with Crippen molar-refractivity contribution in [2.75, 3.05) is 11.9 Å². The van der Waals surface area contributed by atoms with Crippen molar-refractivity contribution in [1.29, 1.82) is 0 Å². The van der Waals surface area contributed by atoms with Crippen LogP contribution in [0.15, 0.2) is 30.3 Å². The fourth-order valence-corrected chi connectivity index (χ4v) is 2.43. The molecule has 0 atom stereocenters. The molecule has 1 aliphatic rings. The number of aliphatic carboxylic acids is 1. The van der Waals surface area contributed by atoms with Gasteiger partial charge in [0.05, 0.1) is 5.92 Å². The van der Waals surface area contributed by atoms with E-state index in [9.17, 15) is 4.79 Å². The second kappa shape index (κ2) is 5.71. The molecular weight excluding hydrogens is 214 g/mol. The van der Waals surface area contributed by atoms with Crippen LogP contribution >= 0.6 is 0 Å². The quantitative estimate of drug-likeness (QED) is 0.840. The summed E-state index contributed by atoms with van der Waals surface area (Å²) in [5, 5.41) is 12.3. The van der Waals surface area contributed by atoms with E-state index < -0.39 is 5.97 Å². The molecule has 1 fully saturated rings. The third-order valence-corrected chi connectivity index (χ3v) is 3.56. The van der Waals surface area contributed by atoms with Crippen molar-refractivity contribution in [3.8, 4) is 0 Å². The number of carboxylic acids is 1. The van der Waals surface area contributed by atoms with E-state index in [1.807, 2.05) is 18.2 Å². The molecule has 17 heavy (non-hydrogen) atoms. The smallest absolute Gasteiger partial charge is 0.306 e. The Morgan fingerprint density at radius 1 is 1.18 bits per heavy atom. The molecule has 0 aliphatic heterocycles. The van der Waals surface area contributed by atoms with Crippen LogP contribution in [-0.2, 0) is 4.79 Å². The van der Waals surface area contributed by atoms with Gasteiger partial charge in [0.2, 0.25) is 0 Å². The van der Waals surface area contributed by atoms with Crippen LogP contribution in [0.25, 0.3) is 0 Å². The van der Waals surface area contributed by atoms with E-state index in [1.165, 1.54) is 0 Å². The maximum absolute atomic E-state index is 10.8. The van der Waals surface area contributed by atoms with Crippen LogP contribution < -0.4 is 5.32 Å².